The van der Waals surface area contributed by atoms with Crippen molar-refractivity contribution in [2.75, 3.05) is 21.3 Å². The summed E-state index contributed by atoms with van der Waals surface area (Å²) in [6, 6.07) is 4.08. The average molecular weight is 236 g/mol. The first-order valence-corrected chi connectivity index (χ1v) is 5.72. The number of ether oxygens (including phenoxy) is 3. The van der Waals surface area contributed by atoms with E-state index < -0.39 is 0 Å². The molecule has 5 heteroatoms. The van der Waals surface area contributed by atoms with Crippen LogP contribution in [0.3, 0.4) is 0 Å². The standard InChI is InChI=1S/C11H13BO3S/c1-13-7-5-8-6(4-9(12)16-8)10(14-2)11(7)15-3/h4-5H,12H2,1-3H3. The van der Waals surface area contributed by atoms with Crippen LogP contribution in [0.1, 0.15) is 0 Å². The van der Waals surface area contributed by atoms with Crippen molar-refractivity contribution < 1.29 is 14.2 Å². The zero-order valence-electron chi connectivity index (χ0n) is 9.79. The molecule has 1 aromatic heterocycles. The number of rotatable bonds is 3. The summed E-state index contributed by atoms with van der Waals surface area (Å²) in [5, 5.41) is 1.07. The summed E-state index contributed by atoms with van der Waals surface area (Å²) in [5.41, 5.74) is 0. The summed E-state index contributed by atoms with van der Waals surface area (Å²) < 4.78 is 18.4. The highest BCUT2D eigenvalue weighted by atomic mass is 32.1. The van der Waals surface area contributed by atoms with Gasteiger partial charge in [0.1, 0.15) is 0 Å². The van der Waals surface area contributed by atoms with Crippen molar-refractivity contribution in [1.29, 1.82) is 0 Å². The molecule has 1 aromatic carbocycles. The van der Waals surface area contributed by atoms with Gasteiger partial charge in [-0.2, -0.15) is 11.3 Å². The molecule has 0 radical (unpaired) electrons. The number of hydrogen-bond acceptors (Lipinski definition) is 4. The first-order chi connectivity index (χ1) is 7.71. The highest BCUT2D eigenvalue weighted by molar-refractivity contribution is 7.26. The maximum atomic E-state index is 5.41. The summed E-state index contributed by atoms with van der Waals surface area (Å²) in [6.07, 6.45) is 0. The highest BCUT2D eigenvalue weighted by Crippen LogP contribution is 2.44. The number of hydrogen-bond donors (Lipinski definition) is 0. The Morgan fingerprint density at radius 1 is 1.00 bits per heavy atom. The summed E-state index contributed by atoms with van der Waals surface area (Å²) in [5.74, 6) is 2.09. The monoisotopic (exact) mass is 236 g/mol. The Kier molecular flexibility index (Phi) is 2.96. The van der Waals surface area contributed by atoms with Crippen molar-refractivity contribution in [2.24, 2.45) is 0 Å². The van der Waals surface area contributed by atoms with E-state index in [1.165, 1.54) is 4.78 Å². The molecular weight excluding hydrogens is 223 g/mol. The minimum Gasteiger partial charge on any atom is -0.493 e. The second-order valence-corrected chi connectivity index (χ2v) is 4.70. The molecule has 0 bridgehead atoms. The molecule has 0 aliphatic carbocycles. The van der Waals surface area contributed by atoms with Crippen molar-refractivity contribution >= 4 is 34.0 Å². The van der Waals surface area contributed by atoms with Gasteiger partial charge in [-0.3, -0.25) is 0 Å². The van der Waals surface area contributed by atoms with E-state index >= 15 is 0 Å². The lowest BCUT2D eigenvalue weighted by Gasteiger charge is -2.12. The zero-order chi connectivity index (χ0) is 11.7. The van der Waals surface area contributed by atoms with Gasteiger partial charge in [0.25, 0.3) is 0 Å². The van der Waals surface area contributed by atoms with Crippen molar-refractivity contribution in [1.82, 2.24) is 0 Å². The van der Waals surface area contributed by atoms with E-state index in [0.29, 0.717) is 11.5 Å². The van der Waals surface area contributed by atoms with Gasteiger partial charge < -0.3 is 14.2 Å². The second kappa shape index (κ2) is 4.25. The Hall–Kier alpha value is -1.36. The van der Waals surface area contributed by atoms with Crippen LogP contribution in [0.4, 0.5) is 0 Å². The molecule has 2 aromatic rings. The number of benzene rings is 1. The Bertz CT molecular complexity index is 521. The van der Waals surface area contributed by atoms with Gasteiger partial charge in [-0.05, 0) is 10.8 Å². The van der Waals surface area contributed by atoms with Crippen LogP contribution in [-0.4, -0.2) is 29.2 Å². The molecule has 2 rings (SSSR count). The fourth-order valence-electron chi connectivity index (χ4n) is 1.78. The molecule has 0 saturated heterocycles. The van der Waals surface area contributed by atoms with Gasteiger partial charge in [-0.25, -0.2) is 0 Å². The van der Waals surface area contributed by atoms with E-state index in [9.17, 15) is 0 Å². The fraction of sp³-hybridized carbons (Fsp3) is 0.273. The number of methoxy groups -OCH3 is 3. The SMILES string of the molecule is Bc1cc2c(OC)c(OC)c(OC)cc2s1. The minimum atomic E-state index is 0.648. The molecule has 0 amide bonds. The van der Waals surface area contributed by atoms with Gasteiger partial charge in [0.15, 0.2) is 19.3 Å². The normalized spacial score (nSPS) is 10.4. The third-order valence-corrected chi connectivity index (χ3v) is 3.45. The molecule has 0 saturated carbocycles. The molecule has 1 heterocycles. The molecule has 0 unspecified atom stereocenters. The lowest BCUT2D eigenvalue weighted by molar-refractivity contribution is 0.327. The molecule has 0 aliphatic rings. The molecule has 0 spiro atoms. The summed E-state index contributed by atoms with van der Waals surface area (Å²) in [7, 11) is 6.96. The molecule has 3 nitrogen and oxygen atoms in total. The van der Waals surface area contributed by atoms with Crippen molar-refractivity contribution in [3.05, 3.63) is 12.1 Å². The van der Waals surface area contributed by atoms with E-state index in [1.54, 1.807) is 32.7 Å². The lowest BCUT2D eigenvalue weighted by Crippen LogP contribution is -1.95. The zero-order valence-corrected chi connectivity index (χ0v) is 10.6. The largest absolute Gasteiger partial charge is 0.493 e. The molecule has 16 heavy (non-hydrogen) atoms. The molecular formula is C11H13BO3S. The van der Waals surface area contributed by atoms with Crippen LogP contribution < -0.4 is 19.0 Å². The average Bonchev–Trinajstić information content (AvgIpc) is 2.66. The Balaban J connectivity index is 2.81. The molecule has 0 atom stereocenters. The quantitative estimate of drug-likeness (QED) is 0.749. The van der Waals surface area contributed by atoms with Crippen molar-refractivity contribution in [2.45, 2.75) is 0 Å². The molecule has 0 aliphatic heterocycles. The number of fused-ring (bicyclic) bond motifs is 1. The van der Waals surface area contributed by atoms with E-state index in [1.807, 2.05) is 6.07 Å². The fourth-order valence-corrected chi connectivity index (χ4v) is 2.73. The van der Waals surface area contributed by atoms with Crippen LogP contribution >= 0.6 is 11.3 Å². The Morgan fingerprint density at radius 2 is 1.69 bits per heavy atom. The maximum absolute atomic E-state index is 5.41. The van der Waals surface area contributed by atoms with Gasteiger partial charge in [0.05, 0.1) is 21.3 Å². The summed E-state index contributed by atoms with van der Waals surface area (Å²) in [6.45, 7) is 0. The lowest BCUT2D eigenvalue weighted by atomic mass is 10.1. The van der Waals surface area contributed by atoms with Crippen LogP contribution in [0.15, 0.2) is 12.1 Å². The van der Waals surface area contributed by atoms with Crippen molar-refractivity contribution in [3.63, 3.8) is 0 Å². The minimum absolute atomic E-state index is 0.648. The van der Waals surface area contributed by atoms with Gasteiger partial charge in [0.2, 0.25) is 5.75 Å². The van der Waals surface area contributed by atoms with Gasteiger partial charge in [-0.1, -0.05) is 0 Å². The smallest absolute Gasteiger partial charge is 0.204 e. The first kappa shape index (κ1) is 11.1. The third kappa shape index (κ3) is 1.61. The van der Waals surface area contributed by atoms with Crippen LogP contribution in [0.25, 0.3) is 10.1 Å². The van der Waals surface area contributed by atoms with E-state index in [-0.39, 0.29) is 0 Å². The highest BCUT2D eigenvalue weighted by Gasteiger charge is 2.16. The maximum Gasteiger partial charge on any atom is 0.204 e. The molecule has 0 N–H and O–H groups in total. The predicted octanol–water partition coefficient (Wildman–Crippen LogP) is 1.19. The van der Waals surface area contributed by atoms with Crippen molar-refractivity contribution in [3.8, 4) is 17.2 Å². The molecule has 0 fully saturated rings. The van der Waals surface area contributed by atoms with Gasteiger partial charge in [0, 0.05) is 16.2 Å². The van der Waals surface area contributed by atoms with Gasteiger partial charge >= 0.3 is 0 Å². The van der Waals surface area contributed by atoms with E-state index in [4.69, 9.17) is 14.2 Å². The van der Waals surface area contributed by atoms with Gasteiger partial charge in [-0.15, -0.1) is 0 Å². The second-order valence-electron chi connectivity index (χ2n) is 3.41. The third-order valence-electron chi connectivity index (χ3n) is 2.45. The predicted molar refractivity (Wildman–Crippen MR) is 69.7 cm³/mol. The van der Waals surface area contributed by atoms with E-state index in [0.717, 1.165) is 15.8 Å². The molecule has 84 valence electrons. The summed E-state index contributed by atoms with van der Waals surface area (Å²) in [4.78, 5) is 0. The summed E-state index contributed by atoms with van der Waals surface area (Å²) >= 11 is 1.71. The Labute approximate surface area is 99.3 Å². The Morgan fingerprint density at radius 3 is 2.25 bits per heavy atom. The number of thiophene rings is 1. The van der Waals surface area contributed by atoms with Crippen LogP contribution in [0.5, 0.6) is 17.2 Å². The van der Waals surface area contributed by atoms with Crippen LogP contribution in [-0.2, 0) is 0 Å². The van der Waals surface area contributed by atoms with E-state index in [2.05, 4.69) is 13.9 Å². The topological polar surface area (TPSA) is 27.7 Å². The van der Waals surface area contributed by atoms with Crippen LogP contribution in [0.2, 0.25) is 0 Å². The first-order valence-electron chi connectivity index (χ1n) is 4.90. The van der Waals surface area contributed by atoms with Crippen LogP contribution in [0, 0.1) is 0 Å².